The maximum absolute atomic E-state index is 11.2. The molecule has 1 unspecified atom stereocenters. The van der Waals surface area contributed by atoms with Gasteiger partial charge in [0.2, 0.25) is 17.7 Å². The largest absolute Gasteiger partial charge is 0.457 e. The van der Waals surface area contributed by atoms with Crippen LogP contribution in [0.15, 0.2) is 162 Å². The number of carbonyl (C=O) groups is 3. The fourth-order valence-corrected chi connectivity index (χ4v) is 11.7. The zero-order valence-corrected chi connectivity index (χ0v) is 49.1. The fraction of sp³-hybridized carbons (Fsp3) is 0.288. The van der Waals surface area contributed by atoms with Gasteiger partial charge in [0.1, 0.15) is 45.3 Å². The normalized spacial score (nSPS) is 16.9. The van der Waals surface area contributed by atoms with Gasteiger partial charge in [-0.15, -0.1) is 0 Å². The number of ether oxygens (including phenoxy) is 3. The van der Waals surface area contributed by atoms with Crippen LogP contribution in [0.4, 0.5) is 0 Å². The number of amides is 3. The van der Waals surface area contributed by atoms with E-state index in [0.717, 1.165) is 104 Å². The lowest BCUT2D eigenvalue weighted by molar-refractivity contribution is 0.0992. The molecule has 6 heterocycles. The molecule has 12 rings (SSSR count). The van der Waals surface area contributed by atoms with E-state index in [-0.39, 0.29) is 0 Å². The van der Waals surface area contributed by atoms with Gasteiger partial charge < -0.3 is 35.9 Å². The summed E-state index contributed by atoms with van der Waals surface area (Å²) in [5.41, 5.74) is 24.2. The molecule has 0 spiro atoms. The molecule has 19 heteroatoms. The zero-order valence-electron chi connectivity index (χ0n) is 48.3. The summed E-state index contributed by atoms with van der Waals surface area (Å²) in [5, 5.41) is 9.83. The number of nitrogens with two attached hydrogens (primary N) is 3. The second kappa shape index (κ2) is 27.6. The van der Waals surface area contributed by atoms with Crippen LogP contribution in [-0.2, 0) is 26.7 Å². The van der Waals surface area contributed by atoms with Crippen molar-refractivity contribution in [3.63, 3.8) is 0 Å². The average Bonchev–Trinajstić information content (AvgIpc) is 4.57. The van der Waals surface area contributed by atoms with E-state index in [1.807, 2.05) is 68.0 Å². The van der Waals surface area contributed by atoms with E-state index in [4.69, 9.17) is 35.9 Å². The molecule has 85 heavy (non-hydrogen) atoms. The minimum Gasteiger partial charge on any atom is -0.457 e. The molecule has 0 radical (unpaired) electrons. The molecule has 9 aromatic rings. The molecule has 0 aliphatic carbocycles. The Morgan fingerprint density at radius 3 is 1.22 bits per heavy atom. The van der Waals surface area contributed by atoms with Crippen LogP contribution in [0.2, 0.25) is 0 Å². The number of benzene rings is 6. The molecule has 18 nitrogen and oxygen atoms in total. The SMILES string of the molecule is Cc1cc(C2CCCN2Cc2ccc(Oc3ccc(C(N)=O)cc3)cc2)on1.Cc1cc([C@@H]2CCCN2Cc2ccc(Oc3ccc(C(N)=O)cc3)cc2)nn1C.Cc1nsc([C@@H]2CCCN2Cc2ccc(Oc3ccc(C(N)=O)cc3)cc2)n1. The van der Waals surface area contributed by atoms with E-state index in [1.165, 1.54) is 52.5 Å². The quantitative estimate of drug-likeness (QED) is 0.0725. The molecule has 6 N–H and O–H groups in total. The van der Waals surface area contributed by atoms with Crippen molar-refractivity contribution >= 4 is 29.3 Å². The van der Waals surface area contributed by atoms with Gasteiger partial charge in [0.25, 0.3) is 0 Å². The lowest BCUT2D eigenvalue weighted by Crippen LogP contribution is -2.23. The van der Waals surface area contributed by atoms with Gasteiger partial charge in [-0.2, -0.15) is 9.47 Å². The summed E-state index contributed by atoms with van der Waals surface area (Å²) >= 11 is 1.52. The highest BCUT2D eigenvalue weighted by Gasteiger charge is 2.31. The number of hydrogen-bond donors (Lipinski definition) is 3. The highest BCUT2D eigenvalue weighted by atomic mass is 32.1. The van der Waals surface area contributed by atoms with Crippen molar-refractivity contribution < 1.29 is 33.1 Å². The number of aryl methyl sites for hydroxylation is 4. The predicted octanol–water partition coefficient (Wildman–Crippen LogP) is 12.2. The number of hydrogen-bond acceptors (Lipinski definition) is 15. The number of nitrogens with zero attached hydrogens (tertiary/aromatic N) is 8. The van der Waals surface area contributed by atoms with Gasteiger partial charge in [0.05, 0.1) is 29.5 Å². The smallest absolute Gasteiger partial charge is 0.248 e. The standard InChI is InChI=1S/C23H26N4O2.C22H23N3O3.C21H22N4O2S/c1-16-14-21(25-26(16)2)22-4-3-13-27(22)15-17-5-9-19(10-6-17)29-20-11-7-18(8-12-20)23(24)28;1-15-13-21(28-24-15)20-3-2-12-25(20)14-16-4-8-18(9-5-16)27-19-10-6-17(7-11-19)22(23)26;1-14-23-21(28-24-14)19-3-2-12-25(19)13-15-4-8-17(9-5-15)27-18-10-6-16(7-11-18)20(22)26/h5-12,14,22H,3-4,13,15H2,1-2H3,(H2,24,28);4-11,13,20H,2-3,12,14H2,1H3,(H2,23,26);4-11,19H,2-3,12-13H2,1H3,(H2,22,26)/t22-;;19-/m0.0/s1. The van der Waals surface area contributed by atoms with Crippen LogP contribution in [0.5, 0.6) is 34.5 Å². The highest BCUT2D eigenvalue weighted by molar-refractivity contribution is 7.05. The van der Waals surface area contributed by atoms with Crippen molar-refractivity contribution in [1.82, 2.24) is 39.0 Å². The molecule has 438 valence electrons. The zero-order chi connectivity index (χ0) is 59.4. The number of aromatic nitrogens is 5. The Kier molecular flexibility index (Phi) is 19.2. The molecule has 0 bridgehead atoms. The third-order valence-electron chi connectivity index (χ3n) is 15.4. The molecule has 3 aliphatic rings. The fourth-order valence-electron chi connectivity index (χ4n) is 10.9. The van der Waals surface area contributed by atoms with Gasteiger partial charge in [0.15, 0.2) is 5.76 Å². The van der Waals surface area contributed by atoms with Crippen LogP contribution in [0.1, 0.15) is 138 Å². The molecular weight excluding hydrogens is 1090 g/mol. The Hall–Kier alpha value is -9.01. The number of rotatable bonds is 18. The Morgan fingerprint density at radius 2 is 0.882 bits per heavy atom. The van der Waals surface area contributed by atoms with Crippen molar-refractivity contribution in [2.24, 2.45) is 24.2 Å². The molecule has 6 aromatic carbocycles. The number of likely N-dealkylation sites (tertiary alicyclic amines) is 3. The first-order chi connectivity index (χ1) is 41.2. The minimum atomic E-state index is -0.448. The molecule has 3 amide bonds. The van der Waals surface area contributed by atoms with E-state index >= 15 is 0 Å². The Labute approximate surface area is 499 Å². The van der Waals surface area contributed by atoms with Gasteiger partial charge in [0, 0.05) is 55.1 Å². The summed E-state index contributed by atoms with van der Waals surface area (Å²) in [6.07, 6.45) is 6.93. The minimum absolute atomic E-state index is 0.292. The number of primary amides is 3. The first-order valence-corrected chi connectivity index (χ1v) is 29.4. The maximum atomic E-state index is 11.2. The molecule has 3 aliphatic heterocycles. The molecule has 0 saturated carbocycles. The van der Waals surface area contributed by atoms with Gasteiger partial charge >= 0.3 is 0 Å². The van der Waals surface area contributed by atoms with Gasteiger partial charge in [-0.05, 0) is 222 Å². The van der Waals surface area contributed by atoms with Crippen molar-refractivity contribution in [3.05, 3.63) is 225 Å². The average molecular weight is 1160 g/mol. The second-order valence-corrected chi connectivity index (χ2v) is 22.5. The summed E-state index contributed by atoms with van der Waals surface area (Å²) in [7, 11) is 2.00. The van der Waals surface area contributed by atoms with Crippen molar-refractivity contribution in [1.29, 1.82) is 0 Å². The molecule has 3 fully saturated rings. The molecule has 3 saturated heterocycles. The van der Waals surface area contributed by atoms with Crippen molar-refractivity contribution in [2.45, 2.75) is 97.1 Å². The topological polar surface area (TPSA) is 236 Å². The first kappa shape index (κ1) is 59.2. The molecule has 3 atom stereocenters. The third kappa shape index (κ3) is 15.8. The molecule has 3 aromatic heterocycles. The first-order valence-electron chi connectivity index (χ1n) is 28.6. The summed E-state index contributed by atoms with van der Waals surface area (Å²) in [5.74, 6) is 4.76. The van der Waals surface area contributed by atoms with Crippen molar-refractivity contribution in [3.8, 4) is 34.5 Å². The van der Waals surface area contributed by atoms with E-state index in [9.17, 15) is 14.4 Å². The van der Waals surface area contributed by atoms with E-state index < -0.39 is 17.7 Å². The van der Waals surface area contributed by atoms with Gasteiger partial charge in [-0.3, -0.25) is 33.8 Å². The van der Waals surface area contributed by atoms with Gasteiger partial charge in [-0.1, -0.05) is 41.6 Å². The van der Waals surface area contributed by atoms with E-state index in [2.05, 4.69) is 83.7 Å². The van der Waals surface area contributed by atoms with Crippen molar-refractivity contribution in [2.75, 3.05) is 19.6 Å². The lowest BCUT2D eigenvalue weighted by atomic mass is 10.1. The van der Waals surface area contributed by atoms with E-state index in [1.54, 1.807) is 72.8 Å². The van der Waals surface area contributed by atoms with Gasteiger partial charge in [-0.25, -0.2) is 4.98 Å². The molecular formula is C66H71N11O7S. The second-order valence-electron chi connectivity index (χ2n) is 21.7. The highest BCUT2D eigenvalue weighted by Crippen LogP contribution is 2.37. The summed E-state index contributed by atoms with van der Waals surface area (Å²) in [6, 6.07) is 50.1. The monoisotopic (exact) mass is 1160 g/mol. The lowest BCUT2D eigenvalue weighted by Gasteiger charge is -2.23. The van der Waals surface area contributed by atoms with Crippen LogP contribution in [0.3, 0.4) is 0 Å². The van der Waals surface area contributed by atoms with Crippen LogP contribution >= 0.6 is 11.5 Å². The van der Waals surface area contributed by atoms with Crippen LogP contribution < -0.4 is 31.4 Å². The Bertz CT molecular complexity index is 3480. The predicted molar refractivity (Wildman–Crippen MR) is 325 cm³/mol. The Morgan fingerprint density at radius 1 is 0.518 bits per heavy atom. The summed E-state index contributed by atoms with van der Waals surface area (Å²) in [6.45, 7) is 11.8. The third-order valence-corrected chi connectivity index (χ3v) is 16.3. The van der Waals surface area contributed by atoms with Crippen LogP contribution in [0, 0.1) is 20.8 Å². The van der Waals surface area contributed by atoms with Crippen LogP contribution in [0.25, 0.3) is 0 Å². The van der Waals surface area contributed by atoms with Crippen LogP contribution in [-0.4, -0.2) is 76.4 Å². The van der Waals surface area contributed by atoms with E-state index in [0.29, 0.717) is 52.1 Å². The summed E-state index contributed by atoms with van der Waals surface area (Å²) < 4.78 is 29.3. The maximum Gasteiger partial charge on any atom is 0.248 e. The summed E-state index contributed by atoms with van der Waals surface area (Å²) in [4.78, 5) is 45.4. The number of carbonyl (C=O) groups excluding carboxylic acids is 3. The Balaban J connectivity index is 0.000000142.